The molecule has 0 spiro atoms. The maximum Gasteiger partial charge on any atom is 0.260 e. The lowest BCUT2D eigenvalue weighted by Gasteiger charge is -2.34. The van der Waals surface area contributed by atoms with Crippen LogP contribution in [-0.2, 0) is 4.79 Å². The number of nitrogens with two attached hydrogens (primary N) is 1. The number of halogens is 1. The van der Waals surface area contributed by atoms with Gasteiger partial charge in [0.15, 0.2) is 6.61 Å². The van der Waals surface area contributed by atoms with Crippen LogP contribution in [0.3, 0.4) is 0 Å². The lowest BCUT2D eigenvalue weighted by molar-refractivity contribution is -0.136. The van der Waals surface area contributed by atoms with Crippen LogP contribution in [0.25, 0.3) is 0 Å². The van der Waals surface area contributed by atoms with Gasteiger partial charge >= 0.3 is 0 Å². The third-order valence-corrected chi connectivity index (χ3v) is 3.57. The van der Waals surface area contributed by atoms with Crippen molar-refractivity contribution in [3.8, 4) is 5.75 Å². The maximum atomic E-state index is 12.2. The second kappa shape index (κ2) is 8.12. The average Bonchev–Trinajstić information content (AvgIpc) is 2.45. The number of hydrogen-bond donors (Lipinski definition) is 1. The van der Waals surface area contributed by atoms with Crippen molar-refractivity contribution in [3.63, 3.8) is 0 Å². The minimum atomic E-state index is 0. The Morgan fingerprint density at radius 1 is 1.45 bits per heavy atom. The number of likely N-dealkylation sites (tertiary alicyclic amines) is 1. The van der Waals surface area contributed by atoms with E-state index in [-0.39, 0.29) is 31.0 Å². The third-order valence-electron chi connectivity index (χ3n) is 3.57. The molecule has 1 aliphatic heterocycles. The first-order valence-corrected chi connectivity index (χ1v) is 6.89. The summed E-state index contributed by atoms with van der Waals surface area (Å²) < 4.78 is 5.56. The molecule has 0 bridgehead atoms. The molecule has 0 radical (unpaired) electrons. The number of piperidine rings is 1. The van der Waals surface area contributed by atoms with Crippen LogP contribution in [0.5, 0.6) is 5.75 Å². The molecule has 0 aromatic heterocycles. The molecule has 1 aliphatic rings. The Morgan fingerprint density at radius 2 is 2.25 bits per heavy atom. The van der Waals surface area contributed by atoms with Gasteiger partial charge in [-0.1, -0.05) is 12.1 Å². The van der Waals surface area contributed by atoms with Crippen LogP contribution < -0.4 is 10.5 Å². The number of amides is 1. The van der Waals surface area contributed by atoms with Crippen molar-refractivity contribution in [1.82, 2.24) is 4.90 Å². The van der Waals surface area contributed by atoms with Gasteiger partial charge in [0.2, 0.25) is 0 Å². The Kier molecular flexibility index (Phi) is 6.82. The van der Waals surface area contributed by atoms with E-state index in [0.29, 0.717) is 6.54 Å². The fourth-order valence-corrected chi connectivity index (χ4v) is 2.51. The Labute approximate surface area is 126 Å². The van der Waals surface area contributed by atoms with Crippen LogP contribution in [0.15, 0.2) is 24.3 Å². The maximum absolute atomic E-state index is 12.2. The van der Waals surface area contributed by atoms with E-state index in [1.165, 1.54) is 0 Å². The van der Waals surface area contributed by atoms with Crippen molar-refractivity contribution >= 4 is 18.3 Å². The molecule has 5 heteroatoms. The summed E-state index contributed by atoms with van der Waals surface area (Å²) in [6.45, 7) is 3.44. The van der Waals surface area contributed by atoms with Crippen molar-refractivity contribution in [3.05, 3.63) is 29.8 Å². The summed E-state index contributed by atoms with van der Waals surface area (Å²) in [5, 5.41) is 0. The number of rotatable bonds is 4. The smallest absolute Gasteiger partial charge is 0.260 e. The number of ether oxygens (including phenoxy) is 1. The molecule has 2 N–H and O–H groups in total. The zero-order valence-corrected chi connectivity index (χ0v) is 12.7. The van der Waals surface area contributed by atoms with E-state index in [1.54, 1.807) is 0 Å². The molecule has 1 atom stereocenters. The summed E-state index contributed by atoms with van der Waals surface area (Å²) >= 11 is 0. The Bertz CT molecular complexity index is 440. The SMILES string of the molecule is Cc1cccc(OCC(=O)N2CCCCC2CN)c1.Cl. The number of nitrogens with zero attached hydrogens (tertiary/aromatic N) is 1. The highest BCUT2D eigenvalue weighted by Gasteiger charge is 2.25. The molecule has 2 rings (SSSR count). The van der Waals surface area contributed by atoms with Gasteiger partial charge in [0.25, 0.3) is 5.91 Å². The summed E-state index contributed by atoms with van der Waals surface area (Å²) in [5.41, 5.74) is 6.85. The zero-order valence-electron chi connectivity index (χ0n) is 11.9. The highest BCUT2D eigenvalue weighted by atomic mass is 35.5. The van der Waals surface area contributed by atoms with Crippen LogP contribution in [0.1, 0.15) is 24.8 Å². The lowest BCUT2D eigenvalue weighted by Crippen LogP contribution is -2.49. The second-order valence-corrected chi connectivity index (χ2v) is 5.08. The molecule has 0 saturated carbocycles. The number of aryl methyl sites for hydroxylation is 1. The molecular formula is C15H23ClN2O2. The monoisotopic (exact) mass is 298 g/mol. The van der Waals surface area contributed by atoms with Crippen LogP contribution in [0.2, 0.25) is 0 Å². The third kappa shape index (κ3) is 4.39. The molecule has 20 heavy (non-hydrogen) atoms. The van der Waals surface area contributed by atoms with Gasteiger partial charge in [0.1, 0.15) is 5.75 Å². The van der Waals surface area contributed by atoms with Crippen LogP contribution in [0, 0.1) is 6.92 Å². The quantitative estimate of drug-likeness (QED) is 0.926. The van der Waals surface area contributed by atoms with Gasteiger partial charge in [-0.15, -0.1) is 12.4 Å². The number of hydrogen-bond acceptors (Lipinski definition) is 3. The normalized spacial score (nSPS) is 18.3. The van der Waals surface area contributed by atoms with Crippen LogP contribution in [-0.4, -0.2) is 36.5 Å². The van der Waals surface area contributed by atoms with Crippen LogP contribution >= 0.6 is 12.4 Å². The molecule has 1 heterocycles. The minimum Gasteiger partial charge on any atom is -0.484 e. The van der Waals surface area contributed by atoms with Crippen molar-refractivity contribution < 1.29 is 9.53 Å². The molecular weight excluding hydrogens is 276 g/mol. The first-order chi connectivity index (χ1) is 9.20. The molecule has 1 saturated heterocycles. The molecule has 1 fully saturated rings. The van der Waals surface area contributed by atoms with Gasteiger partial charge in [-0.05, 0) is 43.9 Å². The summed E-state index contributed by atoms with van der Waals surface area (Å²) in [7, 11) is 0. The summed E-state index contributed by atoms with van der Waals surface area (Å²) in [6.07, 6.45) is 3.23. The Hall–Kier alpha value is -1.26. The van der Waals surface area contributed by atoms with Gasteiger partial charge in [0.05, 0.1) is 0 Å². The van der Waals surface area contributed by atoms with Crippen molar-refractivity contribution in [2.75, 3.05) is 19.7 Å². The van der Waals surface area contributed by atoms with E-state index in [4.69, 9.17) is 10.5 Å². The molecule has 1 amide bonds. The first-order valence-electron chi connectivity index (χ1n) is 6.89. The Morgan fingerprint density at radius 3 is 2.95 bits per heavy atom. The molecule has 1 aromatic rings. The molecule has 4 nitrogen and oxygen atoms in total. The highest BCUT2D eigenvalue weighted by Crippen LogP contribution is 2.17. The van der Waals surface area contributed by atoms with E-state index in [2.05, 4.69) is 0 Å². The number of carbonyl (C=O) groups excluding carboxylic acids is 1. The molecule has 1 unspecified atom stereocenters. The van der Waals surface area contributed by atoms with E-state index in [1.807, 2.05) is 36.1 Å². The zero-order chi connectivity index (χ0) is 13.7. The predicted octanol–water partition coefficient (Wildman–Crippen LogP) is 2.14. The van der Waals surface area contributed by atoms with Gasteiger partial charge in [-0.2, -0.15) is 0 Å². The fraction of sp³-hybridized carbons (Fsp3) is 0.533. The van der Waals surface area contributed by atoms with Crippen molar-refractivity contribution in [2.45, 2.75) is 32.2 Å². The number of carbonyl (C=O) groups is 1. The summed E-state index contributed by atoms with van der Waals surface area (Å²) in [4.78, 5) is 14.0. The lowest BCUT2D eigenvalue weighted by atomic mass is 10.0. The predicted molar refractivity (Wildman–Crippen MR) is 82.3 cm³/mol. The summed E-state index contributed by atoms with van der Waals surface area (Å²) in [6, 6.07) is 7.92. The summed E-state index contributed by atoms with van der Waals surface area (Å²) in [5.74, 6) is 0.784. The van der Waals surface area contributed by atoms with Gasteiger partial charge < -0.3 is 15.4 Å². The van der Waals surface area contributed by atoms with Gasteiger partial charge in [0, 0.05) is 19.1 Å². The standard InChI is InChI=1S/C15H22N2O2.ClH/c1-12-5-4-7-14(9-12)19-11-15(18)17-8-3-2-6-13(17)10-16;/h4-5,7,9,13H,2-3,6,8,10-11,16H2,1H3;1H. The molecule has 1 aromatic carbocycles. The largest absolute Gasteiger partial charge is 0.484 e. The first kappa shape index (κ1) is 16.8. The van der Waals surface area contributed by atoms with E-state index < -0.39 is 0 Å². The fourth-order valence-electron chi connectivity index (χ4n) is 2.51. The highest BCUT2D eigenvalue weighted by molar-refractivity contribution is 5.85. The van der Waals surface area contributed by atoms with Gasteiger partial charge in [-0.3, -0.25) is 4.79 Å². The topological polar surface area (TPSA) is 55.6 Å². The molecule has 112 valence electrons. The van der Waals surface area contributed by atoms with Crippen molar-refractivity contribution in [1.29, 1.82) is 0 Å². The second-order valence-electron chi connectivity index (χ2n) is 5.08. The van der Waals surface area contributed by atoms with Gasteiger partial charge in [-0.25, -0.2) is 0 Å². The van der Waals surface area contributed by atoms with E-state index in [0.717, 1.165) is 37.1 Å². The van der Waals surface area contributed by atoms with Crippen molar-refractivity contribution in [2.24, 2.45) is 5.73 Å². The average molecular weight is 299 g/mol. The van der Waals surface area contributed by atoms with Crippen LogP contribution in [0.4, 0.5) is 0 Å². The molecule has 0 aliphatic carbocycles. The van der Waals surface area contributed by atoms with E-state index in [9.17, 15) is 4.79 Å². The van der Waals surface area contributed by atoms with E-state index >= 15 is 0 Å². The minimum absolute atomic E-state index is 0. The number of benzene rings is 1. The Balaban J connectivity index is 0.00000200.